The standard InChI is InChI=1S/C83H136O5/c1-3-5-7-9-11-13-15-17-19-21-23-25-27-29-31-33-35-37-38-39-40-41-42-43-44-46-47-49-51-53-55-57-59-61-63-65-67-69-71-73-75-77-82(85)87-80-81(79-84)88-83(86)78-76-74-72-70-68-66-64-62-60-58-56-54-52-50-48-45-36-34-32-30-28-26-24-22-20-18-16-14-12-10-8-6-4-2/h5-8,11-14,17-20,23-26,30,32,36,45,50,52,56,58,62,64,68,70,81,84H,3-4,9-10,15-16,21-22,27-29,31,33-35,37-44,46-49,51,53-55,57,59-61,63,65-67,69,71-80H2,1-2H3/b7-5-,8-6-,13-11-,14-12-,19-17-,20-18-,25-23-,26-24-,32-30-,45-36-,52-50-,58-56-,64-62-,70-68-. The fraction of sp³-hybridized carbons (Fsp3) is 0.639. The van der Waals surface area contributed by atoms with E-state index < -0.39 is 6.10 Å². The summed E-state index contributed by atoms with van der Waals surface area (Å²) in [6.45, 7) is 3.89. The molecule has 0 heterocycles. The quantitative estimate of drug-likeness (QED) is 0.0373. The Labute approximate surface area is 544 Å². The van der Waals surface area contributed by atoms with Gasteiger partial charge in [0.15, 0.2) is 6.10 Å². The van der Waals surface area contributed by atoms with Crippen LogP contribution in [0.1, 0.15) is 322 Å². The van der Waals surface area contributed by atoms with E-state index in [1.807, 2.05) is 0 Å². The van der Waals surface area contributed by atoms with E-state index in [1.54, 1.807) is 0 Å². The highest BCUT2D eigenvalue weighted by molar-refractivity contribution is 5.70. The van der Waals surface area contributed by atoms with Crippen LogP contribution in [0.3, 0.4) is 0 Å². The molecule has 0 aliphatic carbocycles. The van der Waals surface area contributed by atoms with Crippen molar-refractivity contribution < 1.29 is 24.2 Å². The lowest BCUT2D eigenvalue weighted by atomic mass is 10.0. The summed E-state index contributed by atoms with van der Waals surface area (Å²) < 4.78 is 10.7. The monoisotopic (exact) mass is 1210 g/mol. The van der Waals surface area contributed by atoms with E-state index in [0.29, 0.717) is 12.8 Å². The largest absolute Gasteiger partial charge is 0.462 e. The van der Waals surface area contributed by atoms with E-state index in [-0.39, 0.29) is 25.2 Å². The fourth-order valence-electron chi connectivity index (χ4n) is 10.1. The van der Waals surface area contributed by atoms with Crippen LogP contribution in [0.5, 0.6) is 0 Å². The van der Waals surface area contributed by atoms with Gasteiger partial charge < -0.3 is 14.6 Å². The van der Waals surface area contributed by atoms with Gasteiger partial charge in [-0.3, -0.25) is 9.59 Å². The SMILES string of the molecule is CC/C=C\C/C=C\C/C=C\C/C=C\C/C=C\C/C=C\C/C=C\C/C=C\C/C=C\C/C=C\CCCCC(=O)OC(CO)COC(=O)CCCCCCCCCCCCCCCCCCCCCCCCCCCCCC/C=C\C/C=C\C/C=C\C/C=C\CC. The molecule has 88 heavy (non-hydrogen) atoms. The number of aliphatic hydroxyl groups is 1. The molecule has 498 valence electrons. The van der Waals surface area contributed by atoms with Crippen LogP contribution in [0.25, 0.3) is 0 Å². The van der Waals surface area contributed by atoms with Crippen LogP contribution in [0.15, 0.2) is 170 Å². The highest BCUT2D eigenvalue weighted by atomic mass is 16.6. The molecular formula is C83H136O5. The number of esters is 2. The molecule has 0 radical (unpaired) electrons. The lowest BCUT2D eigenvalue weighted by Crippen LogP contribution is -2.28. The van der Waals surface area contributed by atoms with E-state index in [2.05, 4.69) is 184 Å². The molecule has 0 amide bonds. The third-order valence-corrected chi connectivity index (χ3v) is 15.5. The Morgan fingerprint density at radius 2 is 0.455 bits per heavy atom. The molecule has 0 rings (SSSR count). The number of unbranched alkanes of at least 4 members (excludes halogenated alkanes) is 30. The summed E-state index contributed by atoms with van der Waals surface area (Å²) in [7, 11) is 0. The normalized spacial score (nSPS) is 13.3. The molecule has 0 aromatic carbocycles. The second-order valence-corrected chi connectivity index (χ2v) is 23.9. The van der Waals surface area contributed by atoms with Gasteiger partial charge in [-0.05, 0) is 128 Å². The van der Waals surface area contributed by atoms with Crippen molar-refractivity contribution in [3.8, 4) is 0 Å². The third-order valence-electron chi connectivity index (χ3n) is 15.5. The first-order chi connectivity index (χ1) is 43.6. The number of aliphatic hydroxyl groups excluding tert-OH is 1. The van der Waals surface area contributed by atoms with Gasteiger partial charge in [0.1, 0.15) is 6.61 Å². The fourth-order valence-corrected chi connectivity index (χ4v) is 10.1. The van der Waals surface area contributed by atoms with E-state index in [4.69, 9.17) is 9.47 Å². The van der Waals surface area contributed by atoms with Gasteiger partial charge in [0, 0.05) is 12.8 Å². The van der Waals surface area contributed by atoms with E-state index in [0.717, 1.165) is 128 Å². The van der Waals surface area contributed by atoms with E-state index >= 15 is 0 Å². The first-order valence-electron chi connectivity index (χ1n) is 36.7. The lowest BCUT2D eigenvalue weighted by molar-refractivity contribution is -0.161. The molecule has 0 bridgehead atoms. The Morgan fingerprint density at radius 1 is 0.261 bits per heavy atom. The number of hydrogen-bond donors (Lipinski definition) is 1. The second-order valence-electron chi connectivity index (χ2n) is 23.9. The molecule has 0 saturated carbocycles. The number of hydrogen-bond acceptors (Lipinski definition) is 5. The van der Waals surface area contributed by atoms with Crippen LogP contribution in [0.2, 0.25) is 0 Å². The molecule has 0 saturated heterocycles. The van der Waals surface area contributed by atoms with Crippen LogP contribution < -0.4 is 0 Å². The van der Waals surface area contributed by atoms with Crippen molar-refractivity contribution in [2.75, 3.05) is 13.2 Å². The van der Waals surface area contributed by atoms with Gasteiger partial charge in [-0.2, -0.15) is 0 Å². The minimum absolute atomic E-state index is 0.0903. The smallest absolute Gasteiger partial charge is 0.306 e. The van der Waals surface area contributed by atoms with Crippen LogP contribution in [-0.2, 0) is 19.1 Å². The Bertz CT molecular complexity index is 1910. The minimum atomic E-state index is -0.807. The van der Waals surface area contributed by atoms with Crippen LogP contribution in [0, 0.1) is 0 Å². The van der Waals surface area contributed by atoms with Crippen LogP contribution in [0.4, 0.5) is 0 Å². The number of allylic oxidation sites excluding steroid dienone is 28. The summed E-state index contributed by atoms with van der Waals surface area (Å²) in [6.07, 6.45) is 118. The van der Waals surface area contributed by atoms with Crippen molar-refractivity contribution >= 4 is 11.9 Å². The first-order valence-corrected chi connectivity index (χ1v) is 36.7. The predicted octanol–water partition coefficient (Wildman–Crippen LogP) is 26.0. The molecular weight excluding hydrogens is 1080 g/mol. The Balaban J connectivity index is 3.52. The van der Waals surface area contributed by atoms with Crippen molar-refractivity contribution in [3.63, 3.8) is 0 Å². The van der Waals surface area contributed by atoms with Crippen molar-refractivity contribution in [1.29, 1.82) is 0 Å². The molecule has 5 nitrogen and oxygen atoms in total. The van der Waals surface area contributed by atoms with Gasteiger partial charge in [-0.1, -0.05) is 351 Å². The molecule has 0 aromatic rings. The van der Waals surface area contributed by atoms with Gasteiger partial charge in [0.2, 0.25) is 0 Å². The summed E-state index contributed by atoms with van der Waals surface area (Å²) >= 11 is 0. The average molecular weight is 1210 g/mol. The Morgan fingerprint density at radius 3 is 0.705 bits per heavy atom. The van der Waals surface area contributed by atoms with Gasteiger partial charge in [0.05, 0.1) is 6.61 Å². The lowest BCUT2D eigenvalue weighted by Gasteiger charge is -2.15. The summed E-state index contributed by atoms with van der Waals surface area (Å²) in [5.74, 6) is -0.641. The number of ether oxygens (including phenoxy) is 2. The zero-order valence-electron chi connectivity index (χ0n) is 57.2. The average Bonchev–Trinajstić information content (AvgIpc) is 3.56. The molecule has 0 fully saturated rings. The highest BCUT2D eigenvalue weighted by Crippen LogP contribution is 2.18. The van der Waals surface area contributed by atoms with Crippen molar-refractivity contribution in [2.24, 2.45) is 0 Å². The molecule has 1 atom stereocenters. The highest BCUT2D eigenvalue weighted by Gasteiger charge is 2.16. The Hall–Kier alpha value is -4.74. The molecule has 0 aromatic heterocycles. The third kappa shape index (κ3) is 73.7. The van der Waals surface area contributed by atoms with Crippen molar-refractivity contribution in [2.45, 2.75) is 328 Å². The molecule has 1 N–H and O–H groups in total. The second kappa shape index (κ2) is 76.5. The summed E-state index contributed by atoms with van der Waals surface area (Å²) in [5.41, 5.74) is 0. The van der Waals surface area contributed by atoms with Gasteiger partial charge in [0.25, 0.3) is 0 Å². The maximum absolute atomic E-state index is 12.4. The first kappa shape index (κ1) is 83.3. The molecule has 0 aliphatic rings. The minimum Gasteiger partial charge on any atom is -0.462 e. The maximum Gasteiger partial charge on any atom is 0.306 e. The van der Waals surface area contributed by atoms with E-state index in [1.165, 1.54) is 167 Å². The van der Waals surface area contributed by atoms with Crippen molar-refractivity contribution in [3.05, 3.63) is 170 Å². The van der Waals surface area contributed by atoms with Crippen LogP contribution in [-0.4, -0.2) is 36.4 Å². The predicted molar refractivity (Wildman–Crippen MR) is 389 cm³/mol. The van der Waals surface area contributed by atoms with Gasteiger partial charge in [-0.25, -0.2) is 0 Å². The number of carbonyl (C=O) groups is 2. The maximum atomic E-state index is 12.4. The summed E-state index contributed by atoms with van der Waals surface area (Å²) in [4.78, 5) is 24.7. The zero-order chi connectivity index (χ0) is 63.3. The molecule has 1 unspecified atom stereocenters. The Kier molecular flexibility index (Phi) is 72.4. The van der Waals surface area contributed by atoms with Crippen LogP contribution >= 0.6 is 0 Å². The van der Waals surface area contributed by atoms with Gasteiger partial charge in [-0.15, -0.1) is 0 Å². The molecule has 5 heteroatoms. The van der Waals surface area contributed by atoms with Gasteiger partial charge >= 0.3 is 11.9 Å². The molecule has 0 aliphatic heterocycles. The number of carbonyl (C=O) groups excluding carboxylic acids is 2. The summed E-state index contributed by atoms with van der Waals surface area (Å²) in [5, 5.41) is 9.70. The zero-order valence-corrected chi connectivity index (χ0v) is 57.2. The number of rotatable bonds is 66. The summed E-state index contributed by atoms with van der Waals surface area (Å²) in [6, 6.07) is 0. The van der Waals surface area contributed by atoms with Crippen molar-refractivity contribution in [1.82, 2.24) is 0 Å². The molecule has 0 spiro atoms. The van der Waals surface area contributed by atoms with E-state index in [9.17, 15) is 14.7 Å². The topological polar surface area (TPSA) is 72.8 Å².